The second kappa shape index (κ2) is 14.6. The summed E-state index contributed by atoms with van der Waals surface area (Å²) in [5, 5.41) is 7.63. The lowest BCUT2D eigenvalue weighted by Gasteiger charge is -2.18. The summed E-state index contributed by atoms with van der Waals surface area (Å²) >= 11 is 1.55. The Morgan fingerprint density at radius 2 is 1.73 bits per heavy atom. The van der Waals surface area contributed by atoms with Crippen molar-refractivity contribution in [3.63, 3.8) is 0 Å². The summed E-state index contributed by atoms with van der Waals surface area (Å²) in [6.07, 6.45) is 1.44. The molecule has 0 bridgehead atoms. The first-order chi connectivity index (χ1) is 21.3. The summed E-state index contributed by atoms with van der Waals surface area (Å²) < 4.78 is 11.1. The third-order valence-electron chi connectivity index (χ3n) is 6.87. The molecule has 10 heteroatoms. The Labute approximate surface area is 260 Å². The number of esters is 1. The number of para-hydroxylation sites is 1. The number of nitrogens with zero attached hydrogens (tertiary/aromatic N) is 1. The molecule has 0 radical (unpaired) electrons. The number of carbonyl (C=O) groups excluding carboxylic acids is 4. The number of hydrogen-bond acceptors (Lipinski definition) is 8. The largest absolute Gasteiger partial charge is 0.493 e. The Kier molecular flexibility index (Phi) is 10.6. The number of hydrogen-bond donors (Lipinski definition) is 2. The lowest BCUT2D eigenvalue weighted by Crippen LogP contribution is -2.26. The van der Waals surface area contributed by atoms with Crippen LogP contribution >= 0.6 is 11.3 Å². The predicted octanol–water partition coefficient (Wildman–Crippen LogP) is 6.82. The van der Waals surface area contributed by atoms with Gasteiger partial charge in [0, 0.05) is 45.7 Å². The second-order valence-electron chi connectivity index (χ2n) is 9.66. The van der Waals surface area contributed by atoms with E-state index in [-0.39, 0.29) is 22.7 Å². The number of carbonyl (C=O) groups is 4. The van der Waals surface area contributed by atoms with Crippen molar-refractivity contribution in [3.05, 3.63) is 88.1 Å². The summed E-state index contributed by atoms with van der Waals surface area (Å²) in [5.41, 5.74) is 3.39. The first kappa shape index (κ1) is 32.1. The number of aromatic nitrogens is 1. The Hall–Kier alpha value is -4.83. The highest BCUT2D eigenvalue weighted by atomic mass is 32.1. The van der Waals surface area contributed by atoms with Gasteiger partial charge in [-0.3, -0.25) is 14.4 Å². The molecule has 2 aromatic carbocycles. The molecule has 4 aromatic rings. The molecule has 0 fully saturated rings. The van der Waals surface area contributed by atoms with Gasteiger partial charge in [0.15, 0.2) is 11.5 Å². The Balaban J connectivity index is 0.00000216. The summed E-state index contributed by atoms with van der Waals surface area (Å²) in [6, 6.07) is 15.3. The topological polar surface area (TPSA) is 124 Å². The van der Waals surface area contributed by atoms with Crippen molar-refractivity contribution in [1.82, 2.24) is 10.3 Å². The van der Waals surface area contributed by atoms with Gasteiger partial charge >= 0.3 is 5.97 Å². The number of pyridine rings is 1. The molecule has 44 heavy (non-hydrogen) atoms. The van der Waals surface area contributed by atoms with Gasteiger partial charge in [0.2, 0.25) is 0 Å². The van der Waals surface area contributed by atoms with Gasteiger partial charge in [-0.1, -0.05) is 32.9 Å². The third-order valence-corrected chi connectivity index (χ3v) is 7.86. The number of nitrogens with one attached hydrogen (secondary N) is 2. The molecule has 2 N–H and O–H groups in total. The zero-order chi connectivity index (χ0) is 31.8. The van der Waals surface area contributed by atoms with E-state index in [4.69, 9.17) is 9.47 Å². The summed E-state index contributed by atoms with van der Waals surface area (Å²) in [7, 11) is 1.22. The van der Waals surface area contributed by atoms with Gasteiger partial charge in [0.25, 0.3) is 11.8 Å². The number of amides is 2. The molecule has 9 nitrogen and oxygen atoms in total. The predicted molar refractivity (Wildman–Crippen MR) is 172 cm³/mol. The molecule has 0 aliphatic carbocycles. The zero-order valence-corrected chi connectivity index (χ0v) is 26.2. The maximum atomic E-state index is 14.0. The van der Waals surface area contributed by atoms with E-state index in [1.54, 1.807) is 53.8 Å². The van der Waals surface area contributed by atoms with E-state index in [1.165, 1.54) is 20.1 Å². The SMILES string of the molecule is CC.CCCNC(=O)c1ccc(-c2cc3c(cc2C(=O)Nc2ccccc2C(C)=O)-c2sccc2CCO3)c(C(=O)OC)n1. The van der Waals surface area contributed by atoms with Crippen LogP contribution in [0.2, 0.25) is 0 Å². The van der Waals surface area contributed by atoms with Gasteiger partial charge < -0.3 is 20.1 Å². The first-order valence-electron chi connectivity index (χ1n) is 14.5. The molecule has 0 unspecified atom stereocenters. The van der Waals surface area contributed by atoms with E-state index < -0.39 is 17.8 Å². The van der Waals surface area contributed by atoms with Crippen molar-refractivity contribution in [3.8, 4) is 27.3 Å². The molecule has 2 aromatic heterocycles. The van der Waals surface area contributed by atoms with Gasteiger partial charge in [-0.05, 0) is 66.8 Å². The molecule has 1 aliphatic heterocycles. The number of fused-ring (bicyclic) bond motifs is 3. The number of benzene rings is 2. The number of methoxy groups -OCH3 is 1. The molecule has 0 saturated heterocycles. The van der Waals surface area contributed by atoms with Crippen LogP contribution in [0.5, 0.6) is 5.75 Å². The van der Waals surface area contributed by atoms with E-state index in [2.05, 4.69) is 15.6 Å². The minimum absolute atomic E-state index is 0.0447. The highest BCUT2D eigenvalue weighted by molar-refractivity contribution is 7.13. The summed E-state index contributed by atoms with van der Waals surface area (Å²) in [6.45, 7) is 8.25. The smallest absolute Gasteiger partial charge is 0.357 e. The molecule has 1 aliphatic rings. The van der Waals surface area contributed by atoms with Crippen LogP contribution in [-0.2, 0) is 11.2 Å². The van der Waals surface area contributed by atoms with Gasteiger partial charge in [-0.2, -0.15) is 0 Å². The van der Waals surface area contributed by atoms with Crippen LogP contribution in [0.25, 0.3) is 21.6 Å². The van der Waals surface area contributed by atoms with Gasteiger partial charge in [0.05, 0.1) is 19.4 Å². The van der Waals surface area contributed by atoms with Crippen LogP contribution in [0.1, 0.15) is 81.4 Å². The van der Waals surface area contributed by atoms with E-state index >= 15 is 0 Å². The molecular formula is C34H35N3O6S. The number of thiophene rings is 1. The fourth-order valence-corrected chi connectivity index (χ4v) is 5.78. The molecule has 5 rings (SSSR count). The molecular weight excluding hydrogens is 578 g/mol. The van der Waals surface area contributed by atoms with E-state index in [0.717, 1.165) is 22.4 Å². The lowest BCUT2D eigenvalue weighted by atomic mass is 9.93. The monoisotopic (exact) mass is 613 g/mol. The minimum atomic E-state index is -0.764. The second-order valence-corrected chi connectivity index (χ2v) is 10.6. The third kappa shape index (κ3) is 6.70. The van der Waals surface area contributed by atoms with Gasteiger partial charge in [-0.25, -0.2) is 9.78 Å². The number of anilines is 1. The van der Waals surface area contributed by atoms with Crippen LogP contribution in [0, 0.1) is 0 Å². The van der Waals surface area contributed by atoms with E-state index in [9.17, 15) is 19.2 Å². The van der Waals surface area contributed by atoms with Crippen molar-refractivity contribution in [2.24, 2.45) is 0 Å². The van der Waals surface area contributed by atoms with Crippen LogP contribution in [-0.4, -0.2) is 48.8 Å². The molecule has 0 atom stereocenters. The molecule has 2 amide bonds. The Morgan fingerprint density at radius 3 is 2.45 bits per heavy atom. The van der Waals surface area contributed by atoms with E-state index in [0.29, 0.717) is 47.7 Å². The van der Waals surface area contributed by atoms with E-state index in [1.807, 2.05) is 32.2 Å². The Morgan fingerprint density at radius 1 is 0.955 bits per heavy atom. The first-order valence-corrected chi connectivity index (χ1v) is 15.4. The number of Topliss-reactive ketones (excluding diaryl/α,β-unsaturated/α-hetero) is 1. The maximum Gasteiger partial charge on any atom is 0.357 e. The zero-order valence-electron chi connectivity index (χ0n) is 25.4. The van der Waals surface area contributed by atoms with Crippen LogP contribution < -0.4 is 15.4 Å². The number of ketones is 1. The molecule has 3 heterocycles. The van der Waals surface area contributed by atoms with Crippen LogP contribution in [0.4, 0.5) is 5.69 Å². The normalized spacial score (nSPS) is 11.4. The van der Waals surface area contributed by atoms with Crippen LogP contribution in [0.3, 0.4) is 0 Å². The number of rotatable bonds is 8. The summed E-state index contributed by atoms with van der Waals surface area (Å²) in [5.74, 6) is -1.33. The molecule has 228 valence electrons. The Bertz CT molecular complexity index is 1710. The van der Waals surface area contributed by atoms with Crippen molar-refractivity contribution < 1.29 is 28.7 Å². The van der Waals surface area contributed by atoms with Crippen LogP contribution in [0.15, 0.2) is 60.0 Å². The van der Waals surface area contributed by atoms with Crippen molar-refractivity contribution >= 4 is 40.6 Å². The standard InChI is InChI=1S/C32H29N3O6S.C2H6/c1-4-13-33-31(38)26-10-9-21(28(34-26)32(39)40-3)22-17-27-24(29-19(11-14-41-27)12-15-42-29)16-23(22)30(37)35-25-8-6-5-7-20(25)18(2)36;1-2/h5-10,12,15-17H,4,11,13-14H2,1-3H3,(H,33,38)(H,35,37);1-2H3. The molecule has 0 saturated carbocycles. The maximum absolute atomic E-state index is 14.0. The fraction of sp³-hybridized carbons (Fsp3) is 0.265. The van der Waals surface area contributed by atoms with Crippen molar-refractivity contribution in [2.75, 3.05) is 25.6 Å². The van der Waals surface area contributed by atoms with Gasteiger partial charge in [-0.15, -0.1) is 11.3 Å². The quantitative estimate of drug-likeness (QED) is 0.165. The van der Waals surface area contributed by atoms with Gasteiger partial charge in [0.1, 0.15) is 11.4 Å². The molecule has 0 spiro atoms. The fourth-order valence-electron chi connectivity index (χ4n) is 4.80. The highest BCUT2D eigenvalue weighted by Gasteiger charge is 2.27. The highest BCUT2D eigenvalue weighted by Crippen LogP contribution is 2.43. The van der Waals surface area contributed by atoms with Crippen molar-refractivity contribution in [1.29, 1.82) is 0 Å². The summed E-state index contributed by atoms with van der Waals surface area (Å²) in [4.78, 5) is 57.2. The number of ether oxygens (including phenoxy) is 2. The van der Waals surface area contributed by atoms with Crippen molar-refractivity contribution in [2.45, 2.75) is 40.5 Å². The minimum Gasteiger partial charge on any atom is -0.493 e. The average Bonchev–Trinajstić information content (AvgIpc) is 3.45. The average molecular weight is 614 g/mol. The lowest BCUT2D eigenvalue weighted by molar-refractivity contribution is 0.0594.